The van der Waals surface area contributed by atoms with E-state index in [1.165, 1.54) is 5.56 Å². The highest BCUT2D eigenvalue weighted by Gasteiger charge is 2.00. The fraction of sp³-hybridized carbons (Fsp3) is 0.200. The first-order valence-corrected chi connectivity index (χ1v) is 6.72. The van der Waals surface area contributed by atoms with Crippen molar-refractivity contribution in [2.45, 2.75) is 6.42 Å². The zero-order chi connectivity index (χ0) is 14.4. The smallest absolute Gasteiger partial charge is 0.126 e. The van der Waals surface area contributed by atoms with Crippen LogP contribution in [0.3, 0.4) is 0 Å². The van der Waals surface area contributed by atoms with E-state index in [-0.39, 0.29) is 0 Å². The molecular formula is C15H17N3OS. The molecule has 1 aromatic heterocycles. The highest BCUT2D eigenvalue weighted by Crippen LogP contribution is 2.12. The standard InChI is InChI=1S/C15H17N3OS/c1-19-13-4-2-11(3-5-13)6-8-17-14-10-12(15(16)20)7-9-18-14/h2-5,7,9-10H,6,8H2,1H3,(H2,16,20)(H,17,18). The highest BCUT2D eigenvalue weighted by molar-refractivity contribution is 7.80. The number of nitrogens with zero attached hydrogens (tertiary/aromatic N) is 1. The lowest BCUT2D eigenvalue weighted by molar-refractivity contribution is 0.414. The summed E-state index contributed by atoms with van der Waals surface area (Å²) >= 11 is 4.94. The molecule has 0 amide bonds. The van der Waals surface area contributed by atoms with Gasteiger partial charge in [0.1, 0.15) is 16.6 Å². The van der Waals surface area contributed by atoms with Crippen molar-refractivity contribution >= 4 is 23.0 Å². The summed E-state index contributed by atoms with van der Waals surface area (Å²) in [6, 6.07) is 11.7. The largest absolute Gasteiger partial charge is 0.497 e. The van der Waals surface area contributed by atoms with E-state index in [1.54, 1.807) is 19.4 Å². The van der Waals surface area contributed by atoms with Crippen LogP contribution < -0.4 is 15.8 Å². The lowest BCUT2D eigenvalue weighted by atomic mass is 10.1. The maximum atomic E-state index is 5.59. The van der Waals surface area contributed by atoms with E-state index >= 15 is 0 Å². The van der Waals surface area contributed by atoms with Crippen LogP contribution in [0.5, 0.6) is 5.75 Å². The van der Waals surface area contributed by atoms with Crippen molar-refractivity contribution in [3.8, 4) is 5.75 Å². The fourth-order valence-corrected chi connectivity index (χ4v) is 1.93. The molecule has 0 bridgehead atoms. The Bertz CT molecular complexity index is 584. The predicted molar refractivity (Wildman–Crippen MR) is 85.3 cm³/mol. The minimum atomic E-state index is 0.380. The van der Waals surface area contributed by atoms with E-state index in [0.717, 1.165) is 30.1 Å². The first kappa shape index (κ1) is 14.3. The Morgan fingerprint density at radius 2 is 2.05 bits per heavy atom. The predicted octanol–water partition coefficient (Wildman–Crippen LogP) is 2.38. The number of thiocarbonyl (C=S) groups is 1. The van der Waals surface area contributed by atoms with Gasteiger partial charge in [0, 0.05) is 18.3 Å². The number of nitrogens with one attached hydrogen (secondary N) is 1. The van der Waals surface area contributed by atoms with Gasteiger partial charge in [0.15, 0.2) is 0 Å². The van der Waals surface area contributed by atoms with E-state index in [4.69, 9.17) is 22.7 Å². The minimum Gasteiger partial charge on any atom is -0.497 e. The number of anilines is 1. The number of hydrogen-bond acceptors (Lipinski definition) is 4. The number of hydrogen-bond donors (Lipinski definition) is 2. The molecule has 2 aromatic rings. The van der Waals surface area contributed by atoms with Crippen LogP contribution in [0.4, 0.5) is 5.82 Å². The third-order valence-corrected chi connectivity index (χ3v) is 3.16. The van der Waals surface area contributed by atoms with Crippen molar-refractivity contribution in [2.75, 3.05) is 19.0 Å². The molecule has 0 unspecified atom stereocenters. The molecule has 0 saturated carbocycles. The van der Waals surface area contributed by atoms with Gasteiger partial charge in [-0.25, -0.2) is 4.98 Å². The molecule has 0 saturated heterocycles. The van der Waals surface area contributed by atoms with Gasteiger partial charge in [-0.3, -0.25) is 0 Å². The lowest BCUT2D eigenvalue weighted by Crippen LogP contribution is -2.11. The topological polar surface area (TPSA) is 60.2 Å². The van der Waals surface area contributed by atoms with E-state index in [9.17, 15) is 0 Å². The molecule has 104 valence electrons. The molecule has 0 aliphatic carbocycles. The van der Waals surface area contributed by atoms with Crippen LogP contribution in [0.15, 0.2) is 42.6 Å². The first-order chi connectivity index (χ1) is 9.69. The van der Waals surface area contributed by atoms with Gasteiger partial charge in [-0.2, -0.15) is 0 Å². The summed E-state index contributed by atoms with van der Waals surface area (Å²) in [4.78, 5) is 4.61. The number of aromatic nitrogens is 1. The summed E-state index contributed by atoms with van der Waals surface area (Å²) in [6.45, 7) is 0.792. The monoisotopic (exact) mass is 287 g/mol. The van der Waals surface area contributed by atoms with Crippen molar-refractivity contribution in [1.82, 2.24) is 4.98 Å². The van der Waals surface area contributed by atoms with Crippen LogP contribution in [0.1, 0.15) is 11.1 Å². The van der Waals surface area contributed by atoms with Crippen molar-refractivity contribution < 1.29 is 4.74 Å². The molecule has 0 aliphatic rings. The number of benzene rings is 1. The Hall–Kier alpha value is -2.14. The van der Waals surface area contributed by atoms with Gasteiger partial charge in [0.2, 0.25) is 0 Å². The Labute approximate surface area is 124 Å². The Morgan fingerprint density at radius 3 is 2.70 bits per heavy atom. The third kappa shape index (κ3) is 3.93. The minimum absolute atomic E-state index is 0.380. The van der Waals surface area contributed by atoms with Gasteiger partial charge in [-0.05, 0) is 36.2 Å². The average Bonchev–Trinajstić information content (AvgIpc) is 2.48. The molecule has 2 rings (SSSR count). The quantitative estimate of drug-likeness (QED) is 0.799. The van der Waals surface area contributed by atoms with Crippen LogP contribution in [-0.2, 0) is 6.42 Å². The van der Waals surface area contributed by atoms with E-state index in [1.807, 2.05) is 18.2 Å². The van der Waals surface area contributed by atoms with Crippen LogP contribution in [0.25, 0.3) is 0 Å². The first-order valence-electron chi connectivity index (χ1n) is 6.31. The summed E-state index contributed by atoms with van der Waals surface area (Å²) in [6.07, 6.45) is 2.60. The summed E-state index contributed by atoms with van der Waals surface area (Å²) in [5.41, 5.74) is 7.65. The number of nitrogens with two attached hydrogens (primary N) is 1. The molecule has 1 heterocycles. The maximum Gasteiger partial charge on any atom is 0.126 e. The number of rotatable bonds is 6. The molecule has 20 heavy (non-hydrogen) atoms. The van der Waals surface area contributed by atoms with E-state index in [0.29, 0.717) is 4.99 Å². The molecule has 0 aliphatic heterocycles. The van der Waals surface area contributed by atoms with Crippen molar-refractivity contribution in [3.63, 3.8) is 0 Å². The molecule has 3 N–H and O–H groups in total. The molecule has 0 atom stereocenters. The number of pyridine rings is 1. The summed E-state index contributed by atoms with van der Waals surface area (Å²) < 4.78 is 5.13. The van der Waals surface area contributed by atoms with Gasteiger partial charge >= 0.3 is 0 Å². The summed E-state index contributed by atoms with van der Waals surface area (Å²) in [7, 11) is 1.66. The molecule has 0 spiro atoms. The molecule has 5 heteroatoms. The Balaban J connectivity index is 1.88. The highest BCUT2D eigenvalue weighted by atomic mass is 32.1. The Kier molecular flexibility index (Phi) is 4.90. The van der Waals surface area contributed by atoms with Crippen molar-refractivity contribution in [1.29, 1.82) is 0 Å². The second-order valence-electron chi connectivity index (χ2n) is 4.32. The average molecular weight is 287 g/mol. The van der Waals surface area contributed by atoms with Crippen LogP contribution in [-0.4, -0.2) is 23.6 Å². The van der Waals surface area contributed by atoms with Crippen LogP contribution in [0, 0.1) is 0 Å². The van der Waals surface area contributed by atoms with E-state index < -0.39 is 0 Å². The van der Waals surface area contributed by atoms with Gasteiger partial charge < -0.3 is 15.8 Å². The number of ether oxygens (including phenoxy) is 1. The fourth-order valence-electron chi connectivity index (χ4n) is 1.81. The zero-order valence-electron chi connectivity index (χ0n) is 11.3. The maximum absolute atomic E-state index is 5.59. The molecule has 0 fully saturated rings. The van der Waals surface area contributed by atoms with Crippen molar-refractivity contribution in [3.05, 3.63) is 53.7 Å². The van der Waals surface area contributed by atoms with Gasteiger partial charge in [-0.15, -0.1) is 0 Å². The number of methoxy groups -OCH3 is 1. The SMILES string of the molecule is COc1ccc(CCNc2cc(C(N)=S)ccn2)cc1. The molecule has 1 aromatic carbocycles. The molecule has 4 nitrogen and oxygen atoms in total. The van der Waals surface area contributed by atoms with Crippen LogP contribution >= 0.6 is 12.2 Å². The third-order valence-electron chi connectivity index (χ3n) is 2.92. The van der Waals surface area contributed by atoms with Gasteiger partial charge in [-0.1, -0.05) is 24.4 Å². The summed E-state index contributed by atoms with van der Waals surface area (Å²) in [5.74, 6) is 1.65. The van der Waals surface area contributed by atoms with Gasteiger partial charge in [0.25, 0.3) is 0 Å². The van der Waals surface area contributed by atoms with Crippen molar-refractivity contribution in [2.24, 2.45) is 5.73 Å². The van der Waals surface area contributed by atoms with Gasteiger partial charge in [0.05, 0.1) is 7.11 Å². The van der Waals surface area contributed by atoms with E-state index in [2.05, 4.69) is 22.4 Å². The Morgan fingerprint density at radius 1 is 1.30 bits per heavy atom. The second-order valence-corrected chi connectivity index (χ2v) is 4.76. The molecule has 0 radical (unpaired) electrons. The normalized spacial score (nSPS) is 10.1. The van der Waals surface area contributed by atoms with Crippen LogP contribution in [0.2, 0.25) is 0 Å². The summed E-state index contributed by atoms with van der Waals surface area (Å²) in [5, 5.41) is 3.26. The lowest BCUT2D eigenvalue weighted by Gasteiger charge is -2.07. The molecular weight excluding hydrogens is 270 g/mol. The second kappa shape index (κ2) is 6.86. The zero-order valence-corrected chi connectivity index (χ0v) is 12.1.